The van der Waals surface area contributed by atoms with Crippen LogP contribution in [0, 0.1) is 5.82 Å². The van der Waals surface area contributed by atoms with Crippen LogP contribution in [0.3, 0.4) is 0 Å². The summed E-state index contributed by atoms with van der Waals surface area (Å²) in [6.07, 6.45) is 0.358. The molecule has 1 aromatic rings. The first kappa shape index (κ1) is 17.3. The van der Waals surface area contributed by atoms with Crippen molar-refractivity contribution in [2.24, 2.45) is 0 Å². The number of ether oxygens (including phenoxy) is 1. The molecule has 0 radical (unpaired) electrons. The summed E-state index contributed by atoms with van der Waals surface area (Å²) in [6.45, 7) is 1.12. The third kappa shape index (κ3) is 3.79. The first-order valence-electron chi connectivity index (χ1n) is 8.18. The van der Waals surface area contributed by atoms with Crippen LogP contribution in [0.4, 0.5) is 10.1 Å². The SMILES string of the molecule is O=C(O)C[C@H]1CN(C(=O)c2cc(N3CCCC3=O)ccc2F)CCO1. The Balaban J connectivity index is 1.79. The molecule has 25 heavy (non-hydrogen) atoms. The highest BCUT2D eigenvalue weighted by Crippen LogP contribution is 2.25. The third-order valence-electron chi connectivity index (χ3n) is 4.39. The lowest BCUT2D eigenvalue weighted by molar-refractivity contribution is -0.141. The number of carbonyl (C=O) groups excluding carboxylic acids is 2. The van der Waals surface area contributed by atoms with Gasteiger partial charge in [0.15, 0.2) is 0 Å². The number of carboxylic acids is 1. The smallest absolute Gasteiger partial charge is 0.306 e. The molecule has 134 valence electrons. The zero-order chi connectivity index (χ0) is 18.0. The topological polar surface area (TPSA) is 87.2 Å². The van der Waals surface area contributed by atoms with Gasteiger partial charge in [-0.25, -0.2) is 4.39 Å². The van der Waals surface area contributed by atoms with Crippen molar-refractivity contribution in [1.82, 2.24) is 4.90 Å². The molecule has 2 aliphatic rings. The molecule has 2 heterocycles. The highest BCUT2D eigenvalue weighted by atomic mass is 19.1. The Hall–Kier alpha value is -2.48. The van der Waals surface area contributed by atoms with Crippen molar-refractivity contribution in [2.45, 2.75) is 25.4 Å². The van der Waals surface area contributed by atoms with Gasteiger partial charge in [-0.1, -0.05) is 0 Å². The van der Waals surface area contributed by atoms with Crippen molar-refractivity contribution in [3.63, 3.8) is 0 Å². The van der Waals surface area contributed by atoms with Crippen molar-refractivity contribution >= 4 is 23.5 Å². The van der Waals surface area contributed by atoms with Gasteiger partial charge in [0.1, 0.15) is 5.82 Å². The molecule has 1 aromatic carbocycles. The van der Waals surface area contributed by atoms with Gasteiger partial charge >= 0.3 is 5.97 Å². The number of aliphatic carboxylic acids is 1. The molecule has 0 bridgehead atoms. The van der Waals surface area contributed by atoms with Gasteiger partial charge in [-0.2, -0.15) is 0 Å². The van der Waals surface area contributed by atoms with Crippen molar-refractivity contribution in [1.29, 1.82) is 0 Å². The molecular weight excluding hydrogens is 331 g/mol. The van der Waals surface area contributed by atoms with E-state index in [2.05, 4.69) is 0 Å². The summed E-state index contributed by atoms with van der Waals surface area (Å²) in [5.74, 6) is -2.25. The van der Waals surface area contributed by atoms with Gasteiger partial charge in [0.2, 0.25) is 5.91 Å². The second-order valence-electron chi connectivity index (χ2n) is 6.15. The van der Waals surface area contributed by atoms with Crippen LogP contribution in [0.5, 0.6) is 0 Å². The summed E-state index contributed by atoms with van der Waals surface area (Å²) in [7, 11) is 0. The van der Waals surface area contributed by atoms with Crippen LogP contribution in [0.25, 0.3) is 0 Å². The molecule has 0 spiro atoms. The Morgan fingerprint density at radius 1 is 1.32 bits per heavy atom. The Kier molecular flexibility index (Phi) is 4.98. The highest BCUT2D eigenvalue weighted by molar-refractivity contribution is 5.99. The Morgan fingerprint density at radius 3 is 2.80 bits per heavy atom. The van der Waals surface area contributed by atoms with Gasteiger partial charge in [0.05, 0.1) is 24.7 Å². The molecule has 2 amide bonds. The molecule has 2 aliphatic heterocycles. The number of rotatable bonds is 4. The van der Waals surface area contributed by atoms with Crippen LogP contribution >= 0.6 is 0 Å². The molecule has 8 heteroatoms. The molecule has 1 atom stereocenters. The zero-order valence-corrected chi connectivity index (χ0v) is 13.6. The predicted molar refractivity (Wildman–Crippen MR) is 85.9 cm³/mol. The average molecular weight is 350 g/mol. The summed E-state index contributed by atoms with van der Waals surface area (Å²) in [5.41, 5.74) is 0.385. The number of hydrogen-bond acceptors (Lipinski definition) is 4. The fourth-order valence-corrected chi connectivity index (χ4v) is 3.16. The van der Waals surface area contributed by atoms with Crippen LogP contribution in [-0.4, -0.2) is 60.1 Å². The molecule has 0 aliphatic carbocycles. The summed E-state index contributed by atoms with van der Waals surface area (Å²) in [6, 6.07) is 4.06. The van der Waals surface area contributed by atoms with Crippen molar-refractivity contribution in [3.05, 3.63) is 29.6 Å². The second-order valence-corrected chi connectivity index (χ2v) is 6.15. The normalized spacial score (nSPS) is 20.8. The zero-order valence-electron chi connectivity index (χ0n) is 13.6. The fraction of sp³-hybridized carbons (Fsp3) is 0.471. The first-order valence-corrected chi connectivity index (χ1v) is 8.18. The van der Waals surface area contributed by atoms with Gasteiger partial charge < -0.3 is 19.6 Å². The third-order valence-corrected chi connectivity index (χ3v) is 4.39. The molecule has 0 unspecified atom stereocenters. The Labute approximate surface area is 144 Å². The van der Waals surface area contributed by atoms with Crippen LogP contribution in [0.1, 0.15) is 29.6 Å². The maximum absolute atomic E-state index is 14.2. The van der Waals surface area contributed by atoms with E-state index in [0.717, 1.165) is 6.42 Å². The van der Waals surface area contributed by atoms with E-state index in [1.54, 1.807) is 4.90 Å². The maximum atomic E-state index is 14.2. The maximum Gasteiger partial charge on any atom is 0.306 e. The van der Waals surface area contributed by atoms with E-state index in [9.17, 15) is 18.8 Å². The van der Waals surface area contributed by atoms with Crippen LogP contribution in [-0.2, 0) is 14.3 Å². The number of carboxylic acid groups (broad SMARTS) is 1. The minimum Gasteiger partial charge on any atom is -0.481 e. The fourth-order valence-electron chi connectivity index (χ4n) is 3.16. The van der Waals surface area contributed by atoms with Crippen LogP contribution in [0.15, 0.2) is 18.2 Å². The lowest BCUT2D eigenvalue weighted by Crippen LogP contribution is -2.46. The number of anilines is 1. The summed E-state index contributed by atoms with van der Waals surface area (Å²) >= 11 is 0. The number of carbonyl (C=O) groups is 3. The quantitative estimate of drug-likeness (QED) is 0.884. The minimum absolute atomic E-state index is 0.0436. The summed E-state index contributed by atoms with van der Waals surface area (Å²) < 4.78 is 19.5. The van der Waals surface area contributed by atoms with E-state index in [4.69, 9.17) is 9.84 Å². The van der Waals surface area contributed by atoms with Gasteiger partial charge in [-0.3, -0.25) is 14.4 Å². The molecule has 2 saturated heterocycles. The monoisotopic (exact) mass is 350 g/mol. The lowest BCUT2D eigenvalue weighted by Gasteiger charge is -2.32. The Morgan fingerprint density at radius 2 is 2.12 bits per heavy atom. The average Bonchev–Trinajstić information content (AvgIpc) is 3.00. The largest absolute Gasteiger partial charge is 0.481 e. The van der Waals surface area contributed by atoms with E-state index in [1.165, 1.54) is 23.1 Å². The molecule has 1 N–H and O–H groups in total. The van der Waals surface area contributed by atoms with E-state index >= 15 is 0 Å². The molecule has 0 saturated carbocycles. The van der Waals surface area contributed by atoms with Crippen molar-refractivity contribution in [3.8, 4) is 0 Å². The predicted octanol–water partition coefficient (Wildman–Crippen LogP) is 1.27. The highest BCUT2D eigenvalue weighted by Gasteiger charge is 2.29. The van der Waals surface area contributed by atoms with Crippen LogP contribution < -0.4 is 4.90 Å². The van der Waals surface area contributed by atoms with Crippen molar-refractivity contribution < 1.29 is 28.6 Å². The number of amides is 2. The molecule has 0 aromatic heterocycles. The molecule has 7 nitrogen and oxygen atoms in total. The number of halogens is 1. The lowest BCUT2D eigenvalue weighted by atomic mass is 10.1. The van der Waals surface area contributed by atoms with Gasteiger partial charge in [-0.15, -0.1) is 0 Å². The van der Waals surface area contributed by atoms with E-state index in [0.29, 0.717) is 18.7 Å². The van der Waals surface area contributed by atoms with Crippen molar-refractivity contribution in [2.75, 3.05) is 31.1 Å². The summed E-state index contributed by atoms with van der Waals surface area (Å²) in [5, 5.41) is 8.85. The number of morpholine rings is 1. The van der Waals surface area contributed by atoms with Gasteiger partial charge in [0.25, 0.3) is 5.91 Å². The van der Waals surface area contributed by atoms with Gasteiger partial charge in [-0.05, 0) is 24.6 Å². The number of benzene rings is 1. The van der Waals surface area contributed by atoms with Gasteiger partial charge in [0, 0.05) is 31.7 Å². The molecular formula is C17H19FN2O5. The summed E-state index contributed by atoms with van der Waals surface area (Å²) in [4.78, 5) is 38.3. The second kappa shape index (κ2) is 7.18. The first-order chi connectivity index (χ1) is 12.0. The number of nitrogens with zero attached hydrogens (tertiary/aromatic N) is 2. The standard InChI is InChI=1S/C17H19FN2O5/c18-14-4-3-11(20-5-1-2-15(20)21)8-13(14)17(24)19-6-7-25-12(10-19)9-16(22)23/h3-4,8,12H,1-2,5-7,9-10H2,(H,22,23)/t12-/m0/s1. The Bertz CT molecular complexity index is 708. The number of hydrogen-bond donors (Lipinski definition) is 1. The molecule has 2 fully saturated rings. The van der Waals surface area contributed by atoms with Crippen LogP contribution in [0.2, 0.25) is 0 Å². The minimum atomic E-state index is -1.01. The van der Waals surface area contributed by atoms with E-state index < -0.39 is 23.8 Å². The van der Waals surface area contributed by atoms with E-state index in [1.807, 2.05) is 0 Å². The van der Waals surface area contributed by atoms with E-state index in [-0.39, 0.29) is 37.6 Å². The molecule has 3 rings (SSSR count).